The molecule has 0 aromatic heterocycles. The van der Waals surface area contributed by atoms with E-state index < -0.39 is 0 Å². The second kappa shape index (κ2) is 21.8. The molecule has 0 bridgehead atoms. The molecule has 0 atom stereocenters. The Bertz CT molecular complexity index is 2640. The van der Waals surface area contributed by atoms with Gasteiger partial charge in [-0.2, -0.15) is 0 Å². The lowest BCUT2D eigenvalue weighted by atomic mass is 9.91. The summed E-state index contributed by atoms with van der Waals surface area (Å²) in [5.74, 6) is 0.618. The van der Waals surface area contributed by atoms with Crippen molar-refractivity contribution in [1.82, 2.24) is 9.80 Å². The van der Waals surface area contributed by atoms with Crippen LogP contribution in [0.1, 0.15) is 57.3 Å². The van der Waals surface area contributed by atoms with E-state index in [1.54, 1.807) is 0 Å². The summed E-state index contributed by atoms with van der Waals surface area (Å²) in [5.41, 5.74) is 14.9. The Morgan fingerprint density at radius 1 is 0.418 bits per heavy atom. The lowest BCUT2D eigenvalue weighted by Crippen LogP contribution is -2.23. The Morgan fingerprint density at radius 2 is 0.716 bits per heavy atom. The molecular formula is C61H68N4O2. The van der Waals surface area contributed by atoms with E-state index in [1.807, 2.05) is 62.4 Å². The number of rotatable bonds is 10. The molecule has 0 unspecified atom stereocenters. The van der Waals surface area contributed by atoms with Crippen LogP contribution < -0.4 is 9.80 Å². The Hall–Kier alpha value is -6.60. The third kappa shape index (κ3) is 11.0. The number of phenolic OH excluding ortho intramolecular Hbond substituents is 2. The zero-order valence-corrected chi connectivity index (χ0v) is 40.5. The number of nitrogens with zero attached hydrogens (tertiary/aromatic N) is 4. The fraction of sp³-hybridized carbons (Fsp3) is 0.279. The van der Waals surface area contributed by atoms with E-state index in [-0.39, 0.29) is 0 Å². The van der Waals surface area contributed by atoms with Crippen molar-refractivity contribution in [3.05, 3.63) is 202 Å². The first kappa shape index (κ1) is 46.9. The molecular weight excluding hydrogens is 821 g/mol. The van der Waals surface area contributed by atoms with E-state index >= 15 is 0 Å². The van der Waals surface area contributed by atoms with Crippen LogP contribution in [-0.4, -0.2) is 74.4 Å². The van der Waals surface area contributed by atoms with Gasteiger partial charge in [0.1, 0.15) is 11.5 Å². The summed E-state index contributed by atoms with van der Waals surface area (Å²) in [6, 6.07) is 55.6. The predicted molar refractivity (Wildman–Crippen MR) is 284 cm³/mol. The van der Waals surface area contributed by atoms with Gasteiger partial charge in [-0.3, -0.25) is 0 Å². The predicted octanol–water partition coefficient (Wildman–Crippen LogP) is 13.4. The highest BCUT2D eigenvalue weighted by atomic mass is 16.3. The number of fused-ring (bicyclic) bond motifs is 6. The zero-order valence-electron chi connectivity index (χ0n) is 40.5. The summed E-state index contributed by atoms with van der Waals surface area (Å²) in [6.45, 7) is 8.24. The molecule has 0 aliphatic carbocycles. The highest BCUT2D eigenvalue weighted by Gasteiger charge is 2.22. The van der Waals surface area contributed by atoms with Crippen molar-refractivity contribution < 1.29 is 10.2 Å². The van der Waals surface area contributed by atoms with Crippen molar-refractivity contribution in [1.29, 1.82) is 0 Å². The lowest BCUT2D eigenvalue weighted by Gasteiger charge is -2.27. The maximum atomic E-state index is 10.7. The van der Waals surface area contributed by atoms with Gasteiger partial charge in [0.05, 0.1) is 0 Å². The van der Waals surface area contributed by atoms with Gasteiger partial charge in [0.2, 0.25) is 0 Å². The fourth-order valence-electron chi connectivity index (χ4n) is 9.98. The molecule has 0 radical (unpaired) electrons. The number of aromatic hydroxyl groups is 2. The number of phenols is 2. The summed E-state index contributed by atoms with van der Waals surface area (Å²) < 4.78 is 0. The molecule has 0 fully saturated rings. The van der Waals surface area contributed by atoms with Crippen LogP contribution in [0.25, 0.3) is 21.5 Å². The van der Waals surface area contributed by atoms with E-state index in [9.17, 15) is 10.2 Å². The van der Waals surface area contributed by atoms with Crippen LogP contribution in [0.3, 0.4) is 0 Å². The molecule has 10 rings (SSSR count). The molecule has 6 nitrogen and oxygen atoms in total. The fourth-order valence-corrected chi connectivity index (χ4v) is 9.98. The van der Waals surface area contributed by atoms with E-state index in [0.29, 0.717) is 17.9 Å². The number of hydrogen-bond acceptors (Lipinski definition) is 6. The average Bonchev–Trinajstić information content (AvgIpc) is 3.60. The first-order valence-electron chi connectivity index (χ1n) is 24.1. The third-order valence-electron chi connectivity index (χ3n) is 13.4. The van der Waals surface area contributed by atoms with Crippen LogP contribution in [0, 0.1) is 13.8 Å². The van der Waals surface area contributed by atoms with Crippen molar-refractivity contribution in [2.45, 2.75) is 58.8 Å². The van der Waals surface area contributed by atoms with Crippen LogP contribution in [0.5, 0.6) is 11.5 Å². The number of benzene rings is 8. The summed E-state index contributed by atoms with van der Waals surface area (Å²) in [4.78, 5) is 9.55. The Morgan fingerprint density at radius 3 is 1.04 bits per heavy atom. The summed E-state index contributed by atoms with van der Waals surface area (Å²) in [5, 5.41) is 25.7. The van der Waals surface area contributed by atoms with Crippen molar-refractivity contribution in [3.63, 3.8) is 0 Å². The summed E-state index contributed by atoms with van der Waals surface area (Å²) in [6.07, 6.45) is 7.39. The second-order valence-corrected chi connectivity index (χ2v) is 18.8. The lowest BCUT2D eigenvalue weighted by molar-refractivity contribution is 0.402. The van der Waals surface area contributed by atoms with Crippen molar-refractivity contribution in [2.75, 3.05) is 64.2 Å². The standard InChI is InChI=1S/C23H20O2.2C19H24N2/c1-14-11-16-7-3-5-9-18(16)20(22(14)24)13-21-19-10-6-4-8-17(19)12-15(2)23(21)25;2*1-20(2)14-7-15-21-18-10-5-3-8-16(18)12-13-17-9-4-6-11-19(17)21/h3-12,24-25H,13H2,1-2H3;2*3-6,8-11H,7,12-15H2,1-2H3. The molecule has 0 amide bonds. The monoisotopic (exact) mass is 889 g/mol. The molecule has 2 aliphatic rings. The van der Waals surface area contributed by atoms with Gasteiger partial charge < -0.3 is 29.8 Å². The maximum Gasteiger partial charge on any atom is 0.122 e. The van der Waals surface area contributed by atoms with Gasteiger partial charge in [-0.1, -0.05) is 121 Å². The SMILES string of the molecule is CN(C)CCCN1c2ccccc2CCc2ccccc21.CN(C)CCCN1c2ccccc2CCc2ccccc21.Cc1cc2ccccc2c(Cc2c(O)c(C)cc3ccccc23)c1O. The molecule has 2 N–H and O–H groups in total. The number of anilines is 4. The topological polar surface area (TPSA) is 53.4 Å². The van der Waals surface area contributed by atoms with Gasteiger partial charge in [0, 0.05) is 53.4 Å². The van der Waals surface area contributed by atoms with Crippen LogP contribution in [0.4, 0.5) is 22.7 Å². The summed E-state index contributed by atoms with van der Waals surface area (Å²) in [7, 11) is 8.57. The van der Waals surface area contributed by atoms with E-state index in [4.69, 9.17) is 0 Å². The minimum atomic E-state index is 0.309. The molecule has 6 heteroatoms. The van der Waals surface area contributed by atoms with E-state index in [0.717, 1.165) is 95.7 Å². The smallest absolute Gasteiger partial charge is 0.122 e. The Kier molecular flexibility index (Phi) is 15.3. The normalized spacial score (nSPS) is 12.8. The van der Waals surface area contributed by atoms with Gasteiger partial charge in [-0.15, -0.1) is 0 Å². The molecule has 8 aromatic carbocycles. The maximum absolute atomic E-state index is 10.7. The zero-order chi connectivity index (χ0) is 46.9. The molecule has 2 heterocycles. The van der Waals surface area contributed by atoms with E-state index in [1.165, 1.54) is 57.8 Å². The molecule has 344 valence electrons. The van der Waals surface area contributed by atoms with Crippen molar-refractivity contribution in [3.8, 4) is 11.5 Å². The second-order valence-electron chi connectivity index (χ2n) is 18.8. The molecule has 0 saturated carbocycles. The van der Waals surface area contributed by atoms with Crippen molar-refractivity contribution >= 4 is 44.3 Å². The van der Waals surface area contributed by atoms with Crippen LogP contribution >= 0.6 is 0 Å². The molecule has 8 aromatic rings. The van der Waals surface area contributed by atoms with Gasteiger partial charge in [-0.25, -0.2) is 0 Å². The van der Waals surface area contributed by atoms with Crippen LogP contribution in [-0.2, 0) is 32.1 Å². The number of hydrogen-bond donors (Lipinski definition) is 2. The van der Waals surface area contributed by atoms with E-state index in [2.05, 4.69) is 157 Å². The summed E-state index contributed by atoms with van der Waals surface area (Å²) >= 11 is 0. The van der Waals surface area contributed by atoms with Crippen molar-refractivity contribution in [2.24, 2.45) is 0 Å². The Balaban J connectivity index is 0.000000137. The largest absolute Gasteiger partial charge is 0.507 e. The molecule has 2 aliphatic heterocycles. The first-order chi connectivity index (χ1) is 32.6. The van der Waals surface area contributed by atoms with Crippen LogP contribution in [0.2, 0.25) is 0 Å². The Labute approximate surface area is 399 Å². The minimum Gasteiger partial charge on any atom is -0.507 e. The number of aryl methyl sites for hydroxylation is 6. The molecule has 67 heavy (non-hydrogen) atoms. The molecule has 0 saturated heterocycles. The highest BCUT2D eigenvalue weighted by Crippen LogP contribution is 2.40. The van der Waals surface area contributed by atoms with Gasteiger partial charge in [0.15, 0.2) is 0 Å². The molecule has 0 spiro atoms. The first-order valence-corrected chi connectivity index (χ1v) is 24.1. The van der Waals surface area contributed by atoms with Gasteiger partial charge in [0.25, 0.3) is 0 Å². The quantitative estimate of drug-likeness (QED) is 0.143. The van der Waals surface area contributed by atoms with Gasteiger partial charge in [-0.05, 0) is 185 Å². The minimum absolute atomic E-state index is 0.309. The third-order valence-corrected chi connectivity index (χ3v) is 13.4. The average molecular weight is 889 g/mol. The van der Waals surface area contributed by atoms with Crippen LogP contribution in [0.15, 0.2) is 158 Å². The van der Waals surface area contributed by atoms with Gasteiger partial charge >= 0.3 is 0 Å². The highest BCUT2D eigenvalue weighted by molar-refractivity contribution is 5.92. The number of para-hydroxylation sites is 4.